The third-order valence-electron chi connectivity index (χ3n) is 6.32. The number of aryl methyl sites for hydroxylation is 1. The molecule has 45 heavy (non-hydrogen) atoms. The minimum absolute atomic E-state index is 0.0180. The minimum Gasteiger partial charge on any atom is -0.491 e. The summed E-state index contributed by atoms with van der Waals surface area (Å²) < 4.78 is 40.5. The number of nitrogen functional groups attached to an aromatic ring is 1. The van der Waals surface area contributed by atoms with E-state index in [0.29, 0.717) is 29.2 Å². The molecule has 0 saturated carbocycles. The molecule has 0 fully saturated rings. The number of hydrogen-bond donors (Lipinski definition) is 3. The molecule has 0 radical (unpaired) electrons. The number of phosphoric acid groups is 1. The van der Waals surface area contributed by atoms with E-state index in [0.717, 1.165) is 23.7 Å². The van der Waals surface area contributed by atoms with E-state index in [4.69, 9.17) is 29.0 Å². The molecule has 246 valence electrons. The Morgan fingerprint density at radius 1 is 1.02 bits per heavy atom. The number of imidazole rings is 1. The maximum atomic E-state index is 12.5. The topological polar surface area (TPSA) is 195 Å². The van der Waals surface area contributed by atoms with Gasteiger partial charge in [0.15, 0.2) is 11.9 Å². The number of carbonyl (C=O) groups is 2. The lowest BCUT2D eigenvalue weighted by molar-refractivity contribution is -0.160. The first-order valence-corrected chi connectivity index (χ1v) is 16.1. The highest BCUT2D eigenvalue weighted by atomic mass is 31.2. The first-order chi connectivity index (χ1) is 21.6. The van der Waals surface area contributed by atoms with Gasteiger partial charge >= 0.3 is 19.8 Å². The van der Waals surface area contributed by atoms with E-state index in [9.17, 15) is 24.2 Å². The molecule has 0 aliphatic carbocycles. The number of rotatable bonds is 19. The average Bonchev–Trinajstić information content (AvgIpc) is 3.33. The summed E-state index contributed by atoms with van der Waals surface area (Å²) in [6, 6.07) is 5.16. The lowest BCUT2D eigenvalue weighted by atomic mass is 10.1. The van der Waals surface area contributed by atoms with Gasteiger partial charge < -0.3 is 34.5 Å². The summed E-state index contributed by atoms with van der Waals surface area (Å²) in [6.45, 7) is 4.62. The van der Waals surface area contributed by atoms with Crippen molar-refractivity contribution in [3.8, 4) is 5.75 Å². The number of nitrogens with zero attached hydrogens (tertiary/aromatic N) is 3. The molecule has 0 saturated heterocycles. The number of aliphatic hydroxyl groups is 1. The second-order valence-electron chi connectivity index (χ2n) is 9.82. The molecule has 2 atom stereocenters. The molecular weight excluding hydrogens is 607 g/mol. The number of pyridine rings is 1. The Balaban J connectivity index is 1.56. The number of hydrogen-bond acceptors (Lipinski definition) is 12. The molecule has 1 aromatic carbocycles. The van der Waals surface area contributed by atoms with E-state index in [-0.39, 0.29) is 45.1 Å². The molecule has 2 heterocycles. The van der Waals surface area contributed by atoms with Crippen molar-refractivity contribution in [2.45, 2.75) is 59.1 Å². The number of aromatic nitrogens is 3. The number of allylic oxidation sites excluding steroid dienone is 2. The van der Waals surface area contributed by atoms with Crippen LogP contribution >= 0.6 is 7.82 Å². The van der Waals surface area contributed by atoms with Crippen LogP contribution in [-0.4, -0.2) is 75.6 Å². The third-order valence-corrected chi connectivity index (χ3v) is 7.31. The monoisotopic (exact) mass is 648 g/mol. The van der Waals surface area contributed by atoms with Gasteiger partial charge in [-0.1, -0.05) is 38.2 Å². The van der Waals surface area contributed by atoms with Gasteiger partial charge in [-0.15, -0.1) is 0 Å². The van der Waals surface area contributed by atoms with Crippen LogP contribution in [0.15, 0.2) is 42.5 Å². The Kier molecular flexibility index (Phi) is 14.0. The Labute approximate surface area is 261 Å². The first-order valence-electron chi connectivity index (χ1n) is 14.6. The fraction of sp³-hybridized carbons (Fsp3) is 0.467. The number of fused-ring (bicyclic) bond motifs is 3. The number of benzene rings is 1. The zero-order chi connectivity index (χ0) is 32.8. The molecule has 0 aliphatic rings. The van der Waals surface area contributed by atoms with Gasteiger partial charge in [-0.3, -0.25) is 18.6 Å². The largest absolute Gasteiger partial charge is 0.491 e. The highest BCUT2D eigenvalue weighted by molar-refractivity contribution is 7.47. The summed E-state index contributed by atoms with van der Waals surface area (Å²) in [4.78, 5) is 43.2. The number of anilines is 1. The highest BCUT2D eigenvalue weighted by Gasteiger charge is 2.26. The lowest BCUT2D eigenvalue weighted by Gasteiger charge is -2.19. The molecule has 0 spiro atoms. The zero-order valence-corrected chi connectivity index (χ0v) is 26.6. The number of carbonyl (C=O) groups excluding carboxylic acids is 2. The van der Waals surface area contributed by atoms with Crippen molar-refractivity contribution in [1.29, 1.82) is 0 Å². The Bertz CT molecular complexity index is 1550. The normalized spacial score (nSPS) is 13.9. The van der Waals surface area contributed by atoms with Gasteiger partial charge in [0.2, 0.25) is 0 Å². The highest BCUT2D eigenvalue weighted by Crippen LogP contribution is 2.43. The number of ether oxygens (including phenoxy) is 3. The Morgan fingerprint density at radius 3 is 2.42 bits per heavy atom. The van der Waals surface area contributed by atoms with Gasteiger partial charge in [0.25, 0.3) is 0 Å². The maximum Gasteiger partial charge on any atom is 0.472 e. The SMILES string of the molecule is CC/C=C\CC(=O)OC[C@H](COP(=O)(O)OCCOc1ccc2c(c1)nc(N)c1nc(C)n(CCO)c12)OC(=O)C/C=C\CC. The number of nitrogens with two attached hydrogens (primary N) is 1. The molecule has 2 aromatic heterocycles. The summed E-state index contributed by atoms with van der Waals surface area (Å²) >= 11 is 0. The van der Waals surface area contributed by atoms with E-state index in [1.54, 1.807) is 36.4 Å². The van der Waals surface area contributed by atoms with Gasteiger partial charge in [0, 0.05) is 18.0 Å². The van der Waals surface area contributed by atoms with Crippen LogP contribution in [0.1, 0.15) is 45.4 Å². The summed E-state index contributed by atoms with van der Waals surface area (Å²) in [5.41, 5.74) is 7.98. The van der Waals surface area contributed by atoms with Crippen molar-refractivity contribution in [3.05, 3.63) is 48.3 Å². The fourth-order valence-corrected chi connectivity index (χ4v) is 5.02. The van der Waals surface area contributed by atoms with E-state index in [1.807, 2.05) is 31.4 Å². The molecule has 0 aliphatic heterocycles. The summed E-state index contributed by atoms with van der Waals surface area (Å²) in [7, 11) is -4.59. The van der Waals surface area contributed by atoms with Crippen LogP contribution in [0.25, 0.3) is 21.9 Å². The van der Waals surface area contributed by atoms with Gasteiger partial charge in [-0.2, -0.15) is 0 Å². The molecule has 14 nitrogen and oxygen atoms in total. The summed E-state index contributed by atoms with van der Waals surface area (Å²) in [5, 5.41) is 10.2. The minimum atomic E-state index is -4.59. The second kappa shape index (κ2) is 17.6. The molecule has 4 N–H and O–H groups in total. The van der Waals surface area contributed by atoms with E-state index < -0.39 is 32.5 Å². The van der Waals surface area contributed by atoms with Crippen molar-refractivity contribution < 1.29 is 47.4 Å². The Morgan fingerprint density at radius 2 is 1.73 bits per heavy atom. The van der Waals surface area contributed by atoms with Gasteiger partial charge in [0.05, 0.1) is 43.7 Å². The quantitative estimate of drug-likeness (QED) is 0.0727. The van der Waals surface area contributed by atoms with Crippen LogP contribution in [0.5, 0.6) is 5.75 Å². The number of esters is 2. The van der Waals surface area contributed by atoms with Crippen LogP contribution < -0.4 is 10.5 Å². The maximum absolute atomic E-state index is 12.5. The van der Waals surface area contributed by atoms with Crippen molar-refractivity contribution in [2.75, 3.05) is 38.8 Å². The third kappa shape index (κ3) is 10.9. The molecule has 0 bridgehead atoms. The summed E-state index contributed by atoms with van der Waals surface area (Å²) in [6.07, 6.45) is 7.29. The fourth-order valence-electron chi connectivity index (χ4n) is 4.28. The number of phosphoric ester groups is 1. The van der Waals surface area contributed by atoms with Crippen molar-refractivity contribution in [2.24, 2.45) is 0 Å². The number of aliphatic hydroxyl groups excluding tert-OH is 1. The van der Waals surface area contributed by atoms with E-state index in [2.05, 4.69) is 9.97 Å². The van der Waals surface area contributed by atoms with Gasteiger partial charge in [-0.05, 0) is 31.9 Å². The second-order valence-corrected chi connectivity index (χ2v) is 11.3. The predicted molar refractivity (Wildman–Crippen MR) is 167 cm³/mol. The standard InChI is InChI=1S/C30H41N4O10P/c1-4-6-8-10-26(36)41-19-23(44-27(37)11-9-7-5-2)20-43-45(38,39)42-17-16-40-22-12-13-24-25(18-22)33-30(31)28-29(24)34(14-15-35)21(3)32-28/h6-9,12-13,18,23,35H,4-5,10-11,14-17,19-20H2,1-3H3,(H2,31,33)(H,38,39)/b8-6-,9-7-/t23-/m1/s1. The van der Waals surface area contributed by atoms with Crippen molar-refractivity contribution >= 4 is 47.5 Å². The smallest absolute Gasteiger partial charge is 0.472 e. The molecule has 15 heteroatoms. The molecular formula is C30H41N4O10P. The average molecular weight is 649 g/mol. The molecule has 0 amide bonds. The first kappa shape index (κ1) is 35.7. The van der Waals surface area contributed by atoms with Crippen molar-refractivity contribution in [3.63, 3.8) is 0 Å². The zero-order valence-electron chi connectivity index (χ0n) is 25.7. The van der Waals surface area contributed by atoms with Crippen LogP contribution in [-0.2, 0) is 39.2 Å². The van der Waals surface area contributed by atoms with E-state index in [1.165, 1.54) is 0 Å². The van der Waals surface area contributed by atoms with Gasteiger partial charge in [-0.25, -0.2) is 14.5 Å². The van der Waals surface area contributed by atoms with Crippen LogP contribution in [0, 0.1) is 6.92 Å². The molecule has 3 rings (SSSR count). The van der Waals surface area contributed by atoms with Crippen LogP contribution in [0.2, 0.25) is 0 Å². The Hall–Kier alpha value is -3.81. The predicted octanol–water partition coefficient (Wildman–Crippen LogP) is 4.15. The van der Waals surface area contributed by atoms with Crippen LogP contribution in [0.4, 0.5) is 5.82 Å². The molecule has 3 aromatic rings. The van der Waals surface area contributed by atoms with E-state index >= 15 is 0 Å². The summed E-state index contributed by atoms with van der Waals surface area (Å²) in [5.74, 6) is 0.186. The van der Waals surface area contributed by atoms with Crippen LogP contribution in [0.3, 0.4) is 0 Å². The van der Waals surface area contributed by atoms with Gasteiger partial charge in [0.1, 0.15) is 30.3 Å². The lowest BCUT2D eigenvalue weighted by Crippen LogP contribution is -2.29. The molecule has 1 unspecified atom stereocenters. The van der Waals surface area contributed by atoms with Crippen molar-refractivity contribution in [1.82, 2.24) is 14.5 Å².